The topological polar surface area (TPSA) is 53.2 Å². The van der Waals surface area contributed by atoms with E-state index in [4.69, 9.17) is 11.6 Å². The van der Waals surface area contributed by atoms with Crippen molar-refractivity contribution in [1.82, 2.24) is 5.32 Å². The van der Waals surface area contributed by atoms with Gasteiger partial charge in [0, 0.05) is 36.1 Å². The van der Waals surface area contributed by atoms with Crippen LogP contribution in [0, 0.1) is 0 Å². The Morgan fingerprint density at radius 2 is 1.79 bits per heavy atom. The fourth-order valence-electron chi connectivity index (χ4n) is 3.79. The maximum atomic E-state index is 12.5. The molecule has 1 saturated heterocycles. The molecule has 0 saturated carbocycles. The molecule has 6 nitrogen and oxygen atoms in total. The van der Waals surface area contributed by atoms with Gasteiger partial charge in [-0.25, -0.2) is 4.79 Å². The van der Waals surface area contributed by atoms with Crippen LogP contribution < -0.4 is 25.3 Å². The van der Waals surface area contributed by atoms with Gasteiger partial charge in [-0.3, -0.25) is 0 Å². The molecule has 1 aliphatic heterocycles. The number of anilines is 2. The Morgan fingerprint density at radius 3 is 2.41 bits per heavy atom. The zero-order valence-corrected chi connectivity index (χ0v) is 18.2. The second-order valence-corrected chi connectivity index (χ2v) is 8.44. The molecule has 1 atom stereocenters. The first kappa shape index (κ1) is 21.4. The van der Waals surface area contributed by atoms with Crippen LogP contribution in [-0.4, -0.2) is 59.9 Å². The number of nitrogens with one attached hydrogen (secondary N) is 4. The number of likely N-dealkylation sites (N-methyl/N-ethyl adjacent to an activating group) is 1. The predicted octanol–water partition coefficient (Wildman–Crippen LogP) is 0.682. The van der Waals surface area contributed by atoms with Gasteiger partial charge >= 0.3 is 6.03 Å². The molecule has 4 N–H and O–H groups in total. The molecule has 2 aromatic carbocycles. The van der Waals surface area contributed by atoms with Gasteiger partial charge in [-0.05, 0) is 30.3 Å². The molecule has 7 heteroatoms. The van der Waals surface area contributed by atoms with Crippen molar-refractivity contribution in [2.45, 2.75) is 6.04 Å². The van der Waals surface area contributed by atoms with E-state index < -0.39 is 0 Å². The Bertz CT molecular complexity index is 803. The molecule has 0 bridgehead atoms. The number of hydrogen-bond acceptors (Lipinski definition) is 2. The minimum absolute atomic E-state index is 0.207. The lowest BCUT2D eigenvalue weighted by Gasteiger charge is -2.33. The average Bonchev–Trinajstić information content (AvgIpc) is 2.70. The number of piperazine rings is 1. The van der Waals surface area contributed by atoms with Crippen molar-refractivity contribution in [3.63, 3.8) is 0 Å². The van der Waals surface area contributed by atoms with E-state index in [9.17, 15) is 4.79 Å². The first-order chi connectivity index (χ1) is 13.9. The van der Waals surface area contributed by atoms with Crippen molar-refractivity contribution in [3.8, 4) is 0 Å². The van der Waals surface area contributed by atoms with E-state index in [1.165, 1.54) is 16.2 Å². The SMILES string of the molecule is CN(C)c1ccc([C@@H](CNC(=O)Nc2cccc(Cl)c2)[NH+]2CC[NH+](C)CC2)cc1. The molecule has 2 aromatic rings. The Morgan fingerprint density at radius 1 is 1.10 bits per heavy atom. The number of benzene rings is 2. The summed E-state index contributed by atoms with van der Waals surface area (Å²) in [4.78, 5) is 17.6. The monoisotopic (exact) mass is 417 g/mol. The molecule has 0 aliphatic carbocycles. The van der Waals surface area contributed by atoms with E-state index in [0.717, 1.165) is 26.2 Å². The lowest BCUT2D eigenvalue weighted by Crippen LogP contribution is -3.27. The number of carbonyl (C=O) groups excluding carboxylic acids is 1. The highest BCUT2D eigenvalue weighted by molar-refractivity contribution is 6.30. The lowest BCUT2D eigenvalue weighted by atomic mass is 10.0. The summed E-state index contributed by atoms with van der Waals surface area (Å²) in [6.07, 6.45) is 0. The van der Waals surface area contributed by atoms with E-state index in [1.54, 1.807) is 17.0 Å². The van der Waals surface area contributed by atoms with Crippen LogP contribution >= 0.6 is 11.6 Å². The van der Waals surface area contributed by atoms with Gasteiger partial charge in [0.25, 0.3) is 0 Å². The number of rotatable bonds is 6. The van der Waals surface area contributed by atoms with Crippen molar-refractivity contribution in [2.24, 2.45) is 0 Å². The van der Waals surface area contributed by atoms with Crippen LogP contribution in [0.2, 0.25) is 5.02 Å². The Balaban J connectivity index is 1.68. The van der Waals surface area contributed by atoms with Crippen LogP contribution in [0.4, 0.5) is 16.2 Å². The second kappa shape index (κ2) is 9.96. The van der Waals surface area contributed by atoms with Crippen molar-refractivity contribution >= 4 is 29.0 Å². The smallest absolute Gasteiger partial charge is 0.319 e. The largest absolute Gasteiger partial charge is 0.378 e. The van der Waals surface area contributed by atoms with Gasteiger partial charge < -0.3 is 25.3 Å². The van der Waals surface area contributed by atoms with Crippen LogP contribution in [0.3, 0.4) is 0 Å². The highest BCUT2D eigenvalue weighted by atomic mass is 35.5. The third-order valence-electron chi connectivity index (χ3n) is 5.60. The van der Waals surface area contributed by atoms with Gasteiger partial charge in [-0.15, -0.1) is 0 Å². The summed E-state index contributed by atoms with van der Waals surface area (Å²) < 4.78 is 0. The van der Waals surface area contributed by atoms with Crippen molar-refractivity contribution in [2.75, 3.05) is 64.1 Å². The minimum Gasteiger partial charge on any atom is -0.378 e. The lowest BCUT2D eigenvalue weighted by molar-refractivity contribution is -1.02. The molecule has 2 amide bonds. The van der Waals surface area contributed by atoms with Gasteiger partial charge in [0.2, 0.25) is 0 Å². The molecule has 0 unspecified atom stereocenters. The van der Waals surface area contributed by atoms with Crippen molar-refractivity contribution in [3.05, 3.63) is 59.1 Å². The number of quaternary nitrogens is 2. The van der Waals surface area contributed by atoms with Gasteiger partial charge in [-0.2, -0.15) is 0 Å². The standard InChI is InChI=1S/C22H30ClN5O/c1-26(2)20-9-7-17(8-10-20)21(28-13-11-27(3)12-14-28)16-24-22(29)25-19-6-4-5-18(23)15-19/h4-10,15,21H,11-14,16H2,1-3H3,(H2,24,25,29)/p+2/t21-/m1/s1. The summed E-state index contributed by atoms with van der Waals surface area (Å²) in [6, 6.07) is 15.9. The Kier molecular flexibility index (Phi) is 7.36. The summed E-state index contributed by atoms with van der Waals surface area (Å²) in [6.45, 7) is 5.09. The van der Waals surface area contributed by atoms with Gasteiger partial charge in [0.1, 0.15) is 32.2 Å². The molecule has 156 valence electrons. The molecule has 1 fully saturated rings. The highest BCUT2D eigenvalue weighted by Crippen LogP contribution is 2.17. The third kappa shape index (κ3) is 6.10. The fraction of sp³-hybridized carbons (Fsp3) is 0.409. The maximum absolute atomic E-state index is 12.5. The summed E-state index contributed by atoms with van der Waals surface area (Å²) >= 11 is 6.00. The Hall–Kier alpha value is -2.28. The molecule has 0 radical (unpaired) electrons. The van der Waals surface area contributed by atoms with Crippen LogP contribution in [0.15, 0.2) is 48.5 Å². The quantitative estimate of drug-likeness (QED) is 0.559. The fourth-order valence-corrected chi connectivity index (χ4v) is 3.98. The summed E-state index contributed by atoms with van der Waals surface area (Å²) in [5.41, 5.74) is 3.13. The summed E-state index contributed by atoms with van der Waals surface area (Å²) in [7, 11) is 6.33. The highest BCUT2D eigenvalue weighted by Gasteiger charge is 2.29. The molecular weight excluding hydrogens is 386 g/mol. The number of amides is 2. The first-order valence-corrected chi connectivity index (χ1v) is 10.5. The van der Waals surface area contributed by atoms with E-state index >= 15 is 0 Å². The van der Waals surface area contributed by atoms with Gasteiger partial charge in [-0.1, -0.05) is 29.8 Å². The first-order valence-electron chi connectivity index (χ1n) is 10.2. The predicted molar refractivity (Wildman–Crippen MR) is 119 cm³/mol. The molecular formula is C22H32ClN5O+2. The zero-order chi connectivity index (χ0) is 20.8. The molecule has 3 rings (SSSR count). The van der Waals surface area contributed by atoms with E-state index in [-0.39, 0.29) is 12.1 Å². The van der Waals surface area contributed by atoms with E-state index in [2.05, 4.69) is 46.8 Å². The van der Waals surface area contributed by atoms with Crippen molar-refractivity contribution < 1.29 is 14.6 Å². The van der Waals surface area contributed by atoms with Crippen molar-refractivity contribution in [1.29, 1.82) is 0 Å². The number of hydrogen-bond donors (Lipinski definition) is 4. The van der Waals surface area contributed by atoms with E-state index in [1.807, 2.05) is 26.2 Å². The maximum Gasteiger partial charge on any atom is 0.319 e. The van der Waals surface area contributed by atoms with Crippen LogP contribution in [0.5, 0.6) is 0 Å². The molecule has 0 spiro atoms. The zero-order valence-electron chi connectivity index (χ0n) is 17.5. The second-order valence-electron chi connectivity index (χ2n) is 8.00. The molecule has 1 heterocycles. The molecule has 29 heavy (non-hydrogen) atoms. The average molecular weight is 418 g/mol. The van der Waals surface area contributed by atoms with E-state index in [0.29, 0.717) is 17.3 Å². The third-order valence-corrected chi connectivity index (χ3v) is 5.83. The molecule has 1 aliphatic rings. The molecule has 0 aromatic heterocycles. The number of carbonyl (C=O) groups is 1. The Labute approximate surface area is 178 Å². The van der Waals surface area contributed by atoms with Gasteiger partial charge in [0.05, 0.1) is 13.6 Å². The van der Waals surface area contributed by atoms with Crippen LogP contribution in [0.25, 0.3) is 0 Å². The van der Waals surface area contributed by atoms with Crippen LogP contribution in [-0.2, 0) is 0 Å². The normalized spacial score (nSPS) is 20.0. The number of urea groups is 1. The minimum atomic E-state index is -0.207. The number of halogens is 1. The van der Waals surface area contributed by atoms with Gasteiger partial charge in [0.15, 0.2) is 0 Å². The number of nitrogens with zero attached hydrogens (tertiary/aromatic N) is 1. The summed E-state index contributed by atoms with van der Waals surface area (Å²) in [5.74, 6) is 0. The van der Waals surface area contributed by atoms with Crippen LogP contribution in [0.1, 0.15) is 11.6 Å². The summed E-state index contributed by atoms with van der Waals surface area (Å²) in [5, 5.41) is 6.54.